The average molecular weight is 444 g/mol. The highest BCUT2D eigenvalue weighted by Gasteiger charge is 2.35. The van der Waals surface area contributed by atoms with Crippen LogP contribution >= 0.6 is 0 Å². The minimum atomic E-state index is -3.61. The van der Waals surface area contributed by atoms with Crippen molar-refractivity contribution < 1.29 is 23.1 Å². The first-order valence-corrected chi connectivity index (χ1v) is 11.4. The number of piperazine rings is 1. The summed E-state index contributed by atoms with van der Waals surface area (Å²) >= 11 is 0. The van der Waals surface area contributed by atoms with Gasteiger partial charge in [0, 0.05) is 43.3 Å². The average Bonchev–Trinajstić information content (AvgIpc) is 3.18. The maximum atomic E-state index is 13.0. The van der Waals surface area contributed by atoms with Gasteiger partial charge in [-0.05, 0) is 25.1 Å². The molecular weight excluding hydrogens is 418 g/mol. The molecule has 0 spiro atoms. The lowest BCUT2D eigenvalue weighted by atomic mass is 10.0. The summed E-state index contributed by atoms with van der Waals surface area (Å²) in [6, 6.07) is 11.4. The molecular formula is C22H25N3O5S. The fraction of sp³-hybridized carbons (Fsp3) is 0.318. The van der Waals surface area contributed by atoms with Gasteiger partial charge in [0.25, 0.3) is 0 Å². The predicted molar refractivity (Wildman–Crippen MR) is 117 cm³/mol. The van der Waals surface area contributed by atoms with Gasteiger partial charge >= 0.3 is 5.97 Å². The molecule has 164 valence electrons. The van der Waals surface area contributed by atoms with Gasteiger partial charge in [0.2, 0.25) is 10.0 Å². The minimum absolute atomic E-state index is 0.228. The molecule has 2 aromatic carbocycles. The summed E-state index contributed by atoms with van der Waals surface area (Å²) in [6.07, 6.45) is 1.70. The molecule has 1 aliphatic rings. The van der Waals surface area contributed by atoms with E-state index in [1.807, 2.05) is 30.0 Å². The molecule has 0 amide bonds. The number of hydrogen-bond donors (Lipinski definition) is 2. The third-order valence-electron chi connectivity index (χ3n) is 5.75. The fourth-order valence-corrected chi connectivity index (χ4v) is 5.51. The molecule has 1 fully saturated rings. The lowest BCUT2D eigenvalue weighted by molar-refractivity contribution is -0.144. The van der Waals surface area contributed by atoms with Crippen molar-refractivity contribution in [3.63, 3.8) is 0 Å². The van der Waals surface area contributed by atoms with Gasteiger partial charge in [-0.25, -0.2) is 8.42 Å². The van der Waals surface area contributed by atoms with Crippen LogP contribution in [-0.2, 0) is 14.8 Å². The second kappa shape index (κ2) is 8.33. The summed E-state index contributed by atoms with van der Waals surface area (Å²) in [5, 5.41) is 10.8. The van der Waals surface area contributed by atoms with Crippen molar-refractivity contribution in [3.8, 4) is 5.75 Å². The molecule has 1 atom stereocenters. The molecule has 1 saturated heterocycles. The van der Waals surface area contributed by atoms with E-state index in [9.17, 15) is 18.3 Å². The van der Waals surface area contributed by atoms with Crippen LogP contribution in [0.2, 0.25) is 0 Å². The van der Waals surface area contributed by atoms with Crippen LogP contribution < -0.4 is 4.74 Å². The number of carboxylic acids is 1. The van der Waals surface area contributed by atoms with Crippen molar-refractivity contribution in [1.29, 1.82) is 0 Å². The Morgan fingerprint density at radius 2 is 1.77 bits per heavy atom. The van der Waals surface area contributed by atoms with Crippen molar-refractivity contribution in [2.75, 3.05) is 33.3 Å². The first kappa shape index (κ1) is 21.4. The van der Waals surface area contributed by atoms with Crippen LogP contribution in [0.1, 0.15) is 17.2 Å². The number of aryl methyl sites for hydroxylation is 1. The number of hydrogen-bond acceptors (Lipinski definition) is 5. The Bertz CT molecular complexity index is 1200. The molecule has 4 rings (SSSR count). The third-order valence-corrected chi connectivity index (χ3v) is 7.67. The van der Waals surface area contributed by atoms with E-state index in [1.54, 1.807) is 37.6 Å². The van der Waals surface area contributed by atoms with Gasteiger partial charge in [0.1, 0.15) is 11.8 Å². The second-order valence-corrected chi connectivity index (χ2v) is 9.56. The maximum absolute atomic E-state index is 13.0. The van der Waals surface area contributed by atoms with E-state index < -0.39 is 22.0 Å². The quantitative estimate of drug-likeness (QED) is 0.607. The molecule has 1 aromatic heterocycles. The predicted octanol–water partition coefficient (Wildman–Crippen LogP) is 2.62. The highest BCUT2D eigenvalue weighted by Crippen LogP contribution is 2.34. The molecule has 0 bridgehead atoms. The Labute approximate surface area is 181 Å². The molecule has 0 saturated carbocycles. The van der Waals surface area contributed by atoms with Crippen LogP contribution in [0.5, 0.6) is 5.75 Å². The number of carbonyl (C=O) groups is 1. The van der Waals surface area contributed by atoms with E-state index in [1.165, 1.54) is 4.31 Å². The second-order valence-electron chi connectivity index (χ2n) is 7.62. The van der Waals surface area contributed by atoms with E-state index in [-0.39, 0.29) is 18.0 Å². The summed E-state index contributed by atoms with van der Waals surface area (Å²) in [7, 11) is -2.04. The lowest BCUT2D eigenvalue weighted by Crippen LogP contribution is -2.50. The molecule has 8 nitrogen and oxygen atoms in total. The monoisotopic (exact) mass is 443 g/mol. The number of sulfonamides is 1. The summed E-state index contributed by atoms with van der Waals surface area (Å²) in [4.78, 5) is 17.4. The number of aromatic amines is 1. The van der Waals surface area contributed by atoms with Crippen LogP contribution in [0.15, 0.2) is 53.6 Å². The zero-order valence-corrected chi connectivity index (χ0v) is 18.2. The van der Waals surface area contributed by atoms with E-state index in [2.05, 4.69) is 4.98 Å². The first-order valence-electron chi connectivity index (χ1n) is 10.0. The van der Waals surface area contributed by atoms with Gasteiger partial charge in [0.15, 0.2) is 0 Å². The van der Waals surface area contributed by atoms with Crippen molar-refractivity contribution in [2.45, 2.75) is 17.9 Å². The first-order chi connectivity index (χ1) is 14.8. The van der Waals surface area contributed by atoms with E-state index in [0.717, 1.165) is 16.5 Å². The van der Waals surface area contributed by atoms with E-state index >= 15 is 0 Å². The maximum Gasteiger partial charge on any atom is 0.325 e. The molecule has 0 radical (unpaired) electrons. The molecule has 3 aromatic rings. The number of benzene rings is 2. The van der Waals surface area contributed by atoms with Crippen molar-refractivity contribution in [3.05, 3.63) is 59.8 Å². The number of nitrogens with zero attached hydrogens (tertiary/aromatic N) is 2. The number of para-hydroxylation sites is 1. The topological polar surface area (TPSA) is 103 Å². The zero-order valence-electron chi connectivity index (χ0n) is 17.4. The summed E-state index contributed by atoms with van der Waals surface area (Å²) in [5.74, 6) is -0.333. The van der Waals surface area contributed by atoms with Gasteiger partial charge in [-0.2, -0.15) is 4.31 Å². The van der Waals surface area contributed by atoms with Gasteiger partial charge < -0.3 is 14.8 Å². The SMILES string of the molecule is COc1cccc2c([C@@H](C(=O)O)N3CCN(S(=O)(=O)c4ccc(C)cc4)CC3)c[nH]c12. The Hall–Kier alpha value is -2.88. The number of fused-ring (bicyclic) bond motifs is 1. The van der Waals surface area contributed by atoms with Gasteiger partial charge in [0.05, 0.1) is 17.5 Å². The summed E-state index contributed by atoms with van der Waals surface area (Å²) < 4.78 is 32.7. The van der Waals surface area contributed by atoms with E-state index in [0.29, 0.717) is 24.4 Å². The Morgan fingerprint density at radius 3 is 2.39 bits per heavy atom. The highest BCUT2D eigenvalue weighted by molar-refractivity contribution is 7.89. The molecule has 2 heterocycles. The normalized spacial score (nSPS) is 17.0. The van der Waals surface area contributed by atoms with Crippen LogP contribution in [0, 0.1) is 6.92 Å². The fourth-order valence-electron chi connectivity index (χ4n) is 4.09. The smallest absolute Gasteiger partial charge is 0.325 e. The van der Waals surface area contributed by atoms with Crippen LogP contribution in [-0.4, -0.2) is 67.0 Å². The Kier molecular flexibility index (Phi) is 5.74. The number of rotatable bonds is 6. The van der Waals surface area contributed by atoms with Gasteiger partial charge in [-0.1, -0.05) is 29.8 Å². The van der Waals surface area contributed by atoms with Crippen molar-refractivity contribution in [2.24, 2.45) is 0 Å². The van der Waals surface area contributed by atoms with Crippen LogP contribution in [0.25, 0.3) is 10.9 Å². The molecule has 1 aliphatic heterocycles. The largest absolute Gasteiger partial charge is 0.495 e. The van der Waals surface area contributed by atoms with Crippen molar-refractivity contribution >= 4 is 26.9 Å². The molecule has 0 unspecified atom stereocenters. The number of methoxy groups -OCH3 is 1. The molecule has 31 heavy (non-hydrogen) atoms. The summed E-state index contributed by atoms with van der Waals surface area (Å²) in [5.41, 5.74) is 2.37. The standard InChI is InChI=1S/C22H25N3O5S/c1-15-6-8-16(9-7-15)31(28,29)25-12-10-24(11-13-25)21(22(26)27)18-14-23-20-17(18)4-3-5-19(20)30-2/h3-9,14,21,23H,10-13H2,1-2H3,(H,26,27)/t21-/m0/s1. The third kappa shape index (κ3) is 3.91. The number of nitrogens with one attached hydrogen (secondary N) is 1. The van der Waals surface area contributed by atoms with Crippen LogP contribution in [0.3, 0.4) is 0 Å². The zero-order chi connectivity index (χ0) is 22.2. The van der Waals surface area contributed by atoms with E-state index in [4.69, 9.17) is 4.74 Å². The molecule has 9 heteroatoms. The Morgan fingerprint density at radius 1 is 1.10 bits per heavy atom. The van der Waals surface area contributed by atoms with Gasteiger partial charge in [-0.3, -0.25) is 9.69 Å². The van der Waals surface area contributed by atoms with Gasteiger partial charge in [-0.15, -0.1) is 0 Å². The molecule has 0 aliphatic carbocycles. The Balaban J connectivity index is 1.57. The number of H-pyrrole nitrogens is 1. The van der Waals surface area contributed by atoms with Crippen LogP contribution in [0.4, 0.5) is 0 Å². The number of carboxylic acid groups (broad SMARTS) is 1. The van der Waals surface area contributed by atoms with Crippen molar-refractivity contribution in [1.82, 2.24) is 14.2 Å². The lowest BCUT2D eigenvalue weighted by Gasteiger charge is -2.37. The number of ether oxygens (including phenoxy) is 1. The summed E-state index contributed by atoms with van der Waals surface area (Å²) in [6.45, 7) is 3.00. The number of aliphatic carboxylic acids is 1. The minimum Gasteiger partial charge on any atom is -0.495 e. The highest BCUT2D eigenvalue weighted by atomic mass is 32.2. The number of aromatic nitrogens is 1. The molecule has 2 N–H and O–H groups in total.